The summed E-state index contributed by atoms with van der Waals surface area (Å²) in [5.41, 5.74) is 1.76. The largest absolute Gasteiger partial charge is 0.506 e. The average Bonchev–Trinajstić information content (AvgIpc) is 3.00. The molecule has 0 saturated heterocycles. The summed E-state index contributed by atoms with van der Waals surface area (Å²) in [5, 5.41) is 11.8. The summed E-state index contributed by atoms with van der Waals surface area (Å²) in [7, 11) is -1.57. The molecule has 0 spiro atoms. The highest BCUT2D eigenvalue weighted by molar-refractivity contribution is 7.91. The molecule has 4 aromatic rings. The number of hydrogen-bond acceptors (Lipinski definition) is 7. The lowest BCUT2D eigenvalue weighted by Gasteiger charge is -2.23. The molecule has 0 atom stereocenters. The van der Waals surface area contributed by atoms with Crippen molar-refractivity contribution in [3.63, 3.8) is 0 Å². The zero-order valence-corrected chi connectivity index (χ0v) is 25.9. The topological polar surface area (TPSA) is 108 Å². The van der Waals surface area contributed by atoms with Crippen molar-refractivity contribution in [3.8, 4) is 39.5 Å². The number of rotatable bonds is 12. The molecule has 0 aliphatic carbocycles. The summed E-state index contributed by atoms with van der Waals surface area (Å²) in [6, 6.07) is 12.5. The molecule has 2 aromatic heterocycles. The van der Waals surface area contributed by atoms with Gasteiger partial charge in [0.25, 0.3) is 5.56 Å². The van der Waals surface area contributed by atoms with E-state index in [1.54, 1.807) is 43.3 Å². The van der Waals surface area contributed by atoms with E-state index in [0.717, 1.165) is 12.8 Å². The van der Waals surface area contributed by atoms with E-state index in [-0.39, 0.29) is 17.0 Å². The summed E-state index contributed by atoms with van der Waals surface area (Å²) in [6.07, 6.45) is 4.69. The van der Waals surface area contributed by atoms with Gasteiger partial charge in [-0.2, -0.15) is 4.39 Å². The predicted octanol–water partition coefficient (Wildman–Crippen LogP) is 6.72. The highest BCUT2D eigenvalue weighted by Crippen LogP contribution is 2.46. The smallest absolute Gasteiger partial charge is 0.273 e. The van der Waals surface area contributed by atoms with Gasteiger partial charge in [-0.15, -0.1) is 0 Å². The normalized spacial score (nSPS) is 11.5. The number of aromatic hydroxyl groups is 1. The van der Waals surface area contributed by atoms with Crippen molar-refractivity contribution in [1.82, 2.24) is 9.55 Å². The number of halogens is 1. The van der Waals surface area contributed by atoms with Gasteiger partial charge in [0.05, 0.1) is 30.2 Å². The molecule has 2 aromatic carbocycles. The van der Waals surface area contributed by atoms with Gasteiger partial charge in [0.2, 0.25) is 15.8 Å². The highest BCUT2D eigenvalue weighted by atomic mass is 32.2. The van der Waals surface area contributed by atoms with Gasteiger partial charge in [0.1, 0.15) is 17.2 Å². The molecule has 0 unspecified atom stereocenters. The van der Waals surface area contributed by atoms with Crippen LogP contribution >= 0.6 is 0 Å². The van der Waals surface area contributed by atoms with Gasteiger partial charge in [-0.05, 0) is 67.6 Å². The van der Waals surface area contributed by atoms with Crippen LogP contribution in [0.3, 0.4) is 0 Å². The molecular weight excluding hydrogens is 571 g/mol. The van der Waals surface area contributed by atoms with E-state index in [9.17, 15) is 22.7 Å². The molecule has 0 saturated carbocycles. The molecule has 4 rings (SSSR count). The van der Waals surface area contributed by atoms with E-state index in [1.807, 2.05) is 13.8 Å². The first-order valence-corrected chi connectivity index (χ1v) is 15.8. The SMILES string of the molecule is CCCCc1c(-c2c(OC)cccc2OC)c(O)c(S(=O)(=O)c2ccc(-c3ccnc(F)c3C)cc2)c(=O)n1CCCC. The molecule has 0 aliphatic heterocycles. The van der Waals surface area contributed by atoms with Gasteiger partial charge in [0.15, 0.2) is 4.90 Å². The number of nitrogens with zero attached hydrogens (tertiary/aromatic N) is 2. The van der Waals surface area contributed by atoms with Gasteiger partial charge in [-0.25, -0.2) is 13.4 Å². The van der Waals surface area contributed by atoms with Crippen LogP contribution < -0.4 is 15.0 Å². The van der Waals surface area contributed by atoms with Gasteiger partial charge < -0.3 is 19.1 Å². The zero-order valence-electron chi connectivity index (χ0n) is 25.1. The van der Waals surface area contributed by atoms with Crippen LogP contribution in [0.15, 0.2) is 69.3 Å². The maximum Gasteiger partial charge on any atom is 0.273 e. The average molecular weight is 609 g/mol. The Labute approximate surface area is 251 Å². The Kier molecular flexibility index (Phi) is 9.91. The van der Waals surface area contributed by atoms with Crippen molar-refractivity contribution in [3.05, 3.63) is 82.3 Å². The Morgan fingerprint density at radius 3 is 2.14 bits per heavy atom. The second-order valence-electron chi connectivity index (χ2n) is 10.3. The number of benzene rings is 2. The summed E-state index contributed by atoms with van der Waals surface area (Å²) in [4.78, 5) is 16.8. The highest BCUT2D eigenvalue weighted by Gasteiger charge is 2.33. The summed E-state index contributed by atoms with van der Waals surface area (Å²) in [6.45, 7) is 5.86. The van der Waals surface area contributed by atoms with Crippen LogP contribution in [0, 0.1) is 12.9 Å². The third-order valence-corrected chi connectivity index (χ3v) is 9.37. The van der Waals surface area contributed by atoms with E-state index in [1.165, 1.54) is 37.1 Å². The van der Waals surface area contributed by atoms with Crippen molar-refractivity contribution >= 4 is 9.84 Å². The fourth-order valence-electron chi connectivity index (χ4n) is 5.25. The lowest BCUT2D eigenvalue weighted by molar-refractivity contribution is 0.395. The molecule has 0 radical (unpaired) electrons. The van der Waals surface area contributed by atoms with Crippen LogP contribution in [-0.4, -0.2) is 37.3 Å². The minimum atomic E-state index is -4.52. The standard InChI is InChI=1S/C33H37FN2O6S/c1-6-8-11-25-28(29-26(41-4)12-10-13-27(29)42-5)30(37)31(33(38)36(25)20-9-7-2)43(39,40)23-16-14-22(15-17-23)24-18-19-35-32(34)21(24)3/h10,12-19,37H,6-9,11,20H2,1-5H3. The molecule has 8 nitrogen and oxygen atoms in total. The Morgan fingerprint density at radius 1 is 0.930 bits per heavy atom. The van der Waals surface area contributed by atoms with Crippen molar-refractivity contribution in [1.29, 1.82) is 0 Å². The van der Waals surface area contributed by atoms with Crippen molar-refractivity contribution in [2.24, 2.45) is 0 Å². The summed E-state index contributed by atoms with van der Waals surface area (Å²) in [5.74, 6) is -0.543. The van der Waals surface area contributed by atoms with Crippen molar-refractivity contribution < 1.29 is 27.4 Å². The fraction of sp³-hybridized carbons (Fsp3) is 0.333. The number of aromatic nitrogens is 2. The number of pyridine rings is 2. The minimum Gasteiger partial charge on any atom is -0.506 e. The Bertz CT molecular complexity index is 1760. The predicted molar refractivity (Wildman–Crippen MR) is 164 cm³/mol. The molecule has 1 N–H and O–H groups in total. The molecule has 0 amide bonds. The van der Waals surface area contributed by atoms with E-state index in [0.29, 0.717) is 58.7 Å². The lowest BCUT2D eigenvalue weighted by atomic mass is 9.97. The Balaban J connectivity index is 2.03. The fourth-order valence-corrected chi connectivity index (χ4v) is 6.67. The molecule has 0 aliphatic rings. The summed E-state index contributed by atoms with van der Waals surface area (Å²) < 4.78 is 55.2. The third kappa shape index (κ3) is 6.01. The van der Waals surface area contributed by atoms with Crippen LogP contribution in [0.5, 0.6) is 17.2 Å². The van der Waals surface area contributed by atoms with Gasteiger partial charge in [0, 0.05) is 24.0 Å². The first kappa shape index (κ1) is 31.7. The minimum absolute atomic E-state index is 0.183. The van der Waals surface area contributed by atoms with E-state index in [2.05, 4.69) is 4.98 Å². The van der Waals surface area contributed by atoms with Crippen LogP contribution in [-0.2, 0) is 22.8 Å². The molecule has 10 heteroatoms. The van der Waals surface area contributed by atoms with Crippen molar-refractivity contribution in [2.75, 3.05) is 14.2 Å². The maximum absolute atomic E-state index is 14.2. The molecule has 43 heavy (non-hydrogen) atoms. The number of sulfone groups is 1. The molecular formula is C33H37FN2O6S. The van der Waals surface area contributed by atoms with Crippen LogP contribution in [0.2, 0.25) is 0 Å². The number of methoxy groups -OCH3 is 2. The van der Waals surface area contributed by atoms with Crippen LogP contribution in [0.1, 0.15) is 50.8 Å². The molecule has 0 fully saturated rings. The van der Waals surface area contributed by atoms with Crippen molar-refractivity contribution in [2.45, 2.75) is 69.2 Å². The number of unbranched alkanes of at least 4 members (excludes halogenated alkanes) is 2. The maximum atomic E-state index is 14.2. The third-order valence-electron chi connectivity index (χ3n) is 7.57. The van der Waals surface area contributed by atoms with E-state index < -0.39 is 32.0 Å². The van der Waals surface area contributed by atoms with Crippen LogP contribution in [0.25, 0.3) is 22.3 Å². The van der Waals surface area contributed by atoms with E-state index in [4.69, 9.17) is 9.47 Å². The summed E-state index contributed by atoms with van der Waals surface area (Å²) >= 11 is 0. The second kappa shape index (κ2) is 13.4. The second-order valence-corrected chi connectivity index (χ2v) is 12.1. The van der Waals surface area contributed by atoms with Crippen LogP contribution in [0.4, 0.5) is 4.39 Å². The zero-order chi connectivity index (χ0) is 31.3. The number of ether oxygens (including phenoxy) is 2. The molecule has 2 heterocycles. The van der Waals surface area contributed by atoms with Gasteiger partial charge in [-0.1, -0.05) is 44.9 Å². The Hall–Kier alpha value is -4.18. The van der Waals surface area contributed by atoms with Gasteiger partial charge in [-0.3, -0.25) is 4.79 Å². The monoisotopic (exact) mass is 608 g/mol. The molecule has 228 valence electrons. The number of hydrogen-bond donors (Lipinski definition) is 1. The van der Waals surface area contributed by atoms with E-state index >= 15 is 0 Å². The first-order chi connectivity index (χ1) is 20.6. The first-order valence-electron chi connectivity index (χ1n) is 14.3. The molecule has 0 bridgehead atoms. The lowest BCUT2D eigenvalue weighted by Crippen LogP contribution is -2.30. The quantitative estimate of drug-likeness (QED) is 0.178. The van der Waals surface area contributed by atoms with Gasteiger partial charge >= 0.3 is 0 Å². The Morgan fingerprint density at radius 2 is 1.56 bits per heavy atom.